The summed E-state index contributed by atoms with van der Waals surface area (Å²) in [5.74, 6) is -0.761. The Balaban J connectivity index is 2.11. The number of aliphatic carboxylic acids is 1. The van der Waals surface area contributed by atoms with E-state index in [0.717, 1.165) is 14.8 Å². The Morgan fingerprint density at radius 3 is 2.81 bits per heavy atom. The van der Waals surface area contributed by atoms with Crippen LogP contribution >= 0.6 is 23.1 Å². The Hall–Kier alpha value is -1.33. The molecule has 0 aliphatic heterocycles. The molecule has 0 spiro atoms. The first-order valence-electron chi connectivity index (χ1n) is 4.61. The second-order valence-electron chi connectivity index (χ2n) is 3.04. The van der Waals surface area contributed by atoms with Gasteiger partial charge in [-0.1, -0.05) is 42.1 Å². The van der Waals surface area contributed by atoms with Crippen molar-refractivity contribution < 1.29 is 9.90 Å². The maximum absolute atomic E-state index is 10.4. The van der Waals surface area contributed by atoms with E-state index in [0.29, 0.717) is 0 Å². The number of carbonyl (C=O) groups is 1. The molecule has 0 atom stereocenters. The number of benzene rings is 1. The van der Waals surface area contributed by atoms with Crippen LogP contribution < -0.4 is 0 Å². The van der Waals surface area contributed by atoms with E-state index in [1.165, 1.54) is 23.1 Å². The van der Waals surface area contributed by atoms with Crippen LogP contribution in [0.1, 0.15) is 0 Å². The molecule has 0 bridgehead atoms. The second kappa shape index (κ2) is 5.14. The summed E-state index contributed by atoms with van der Waals surface area (Å²) in [6, 6.07) is 9.93. The van der Waals surface area contributed by atoms with Crippen molar-refractivity contribution in [2.24, 2.45) is 0 Å². The van der Waals surface area contributed by atoms with Crippen LogP contribution in [0.2, 0.25) is 0 Å². The number of hydrogen-bond donors (Lipinski definition) is 1. The van der Waals surface area contributed by atoms with Gasteiger partial charge in [0.1, 0.15) is 0 Å². The minimum atomic E-state index is -0.818. The lowest BCUT2D eigenvalue weighted by molar-refractivity contribution is -0.133. The monoisotopic (exact) mass is 251 g/mol. The average Bonchev–Trinajstić information content (AvgIpc) is 2.76. The van der Waals surface area contributed by atoms with Crippen molar-refractivity contribution in [1.29, 1.82) is 0 Å². The van der Waals surface area contributed by atoms with E-state index in [-0.39, 0.29) is 5.75 Å². The fourth-order valence-corrected chi connectivity index (χ4v) is 2.89. The molecule has 2 rings (SSSR count). The SMILES string of the molecule is O=C(O)CSc1ncc(-c2ccccc2)s1. The Kier molecular flexibility index (Phi) is 3.58. The van der Waals surface area contributed by atoms with Crippen LogP contribution in [0.15, 0.2) is 40.9 Å². The van der Waals surface area contributed by atoms with E-state index in [1.54, 1.807) is 6.20 Å². The lowest BCUT2D eigenvalue weighted by Crippen LogP contribution is -1.96. The Labute approximate surface area is 101 Å². The zero-order chi connectivity index (χ0) is 11.4. The largest absolute Gasteiger partial charge is 0.481 e. The number of aromatic nitrogens is 1. The topological polar surface area (TPSA) is 50.2 Å². The summed E-state index contributed by atoms with van der Waals surface area (Å²) in [4.78, 5) is 15.7. The highest BCUT2D eigenvalue weighted by Gasteiger charge is 2.06. The predicted molar refractivity (Wildman–Crippen MR) is 65.9 cm³/mol. The standard InChI is InChI=1S/C11H9NO2S2/c13-10(14)7-15-11-12-6-9(16-11)8-4-2-1-3-5-8/h1-6H,7H2,(H,13,14). The molecule has 82 valence electrons. The third-order valence-electron chi connectivity index (χ3n) is 1.86. The number of carboxylic acids is 1. The number of rotatable bonds is 4. The van der Waals surface area contributed by atoms with Gasteiger partial charge in [0.05, 0.1) is 10.6 Å². The third-order valence-corrected chi connectivity index (χ3v) is 4.05. The normalized spacial score (nSPS) is 10.2. The molecule has 0 amide bonds. The number of nitrogens with zero attached hydrogens (tertiary/aromatic N) is 1. The molecule has 3 nitrogen and oxygen atoms in total. The summed E-state index contributed by atoms with van der Waals surface area (Å²) in [5.41, 5.74) is 1.11. The van der Waals surface area contributed by atoms with Gasteiger partial charge in [0, 0.05) is 6.20 Å². The van der Waals surface area contributed by atoms with Crippen LogP contribution in [0.4, 0.5) is 0 Å². The van der Waals surface area contributed by atoms with E-state index in [4.69, 9.17) is 5.11 Å². The van der Waals surface area contributed by atoms with E-state index in [2.05, 4.69) is 4.98 Å². The molecule has 16 heavy (non-hydrogen) atoms. The maximum Gasteiger partial charge on any atom is 0.313 e. The van der Waals surface area contributed by atoms with Crippen molar-refractivity contribution in [3.63, 3.8) is 0 Å². The van der Waals surface area contributed by atoms with Crippen LogP contribution in [-0.4, -0.2) is 21.8 Å². The molecule has 0 aliphatic rings. The number of thioether (sulfide) groups is 1. The van der Waals surface area contributed by atoms with Gasteiger partial charge in [-0.05, 0) is 5.56 Å². The molecule has 0 aliphatic carbocycles. The highest BCUT2D eigenvalue weighted by Crippen LogP contribution is 2.31. The number of thiazole rings is 1. The van der Waals surface area contributed by atoms with Crippen molar-refractivity contribution in [2.45, 2.75) is 4.34 Å². The smallest absolute Gasteiger partial charge is 0.313 e. The van der Waals surface area contributed by atoms with Crippen molar-refractivity contribution in [1.82, 2.24) is 4.98 Å². The fraction of sp³-hybridized carbons (Fsp3) is 0.0909. The van der Waals surface area contributed by atoms with Gasteiger partial charge in [0.15, 0.2) is 4.34 Å². The average molecular weight is 251 g/mol. The first-order valence-corrected chi connectivity index (χ1v) is 6.42. The Morgan fingerprint density at radius 2 is 2.12 bits per heavy atom. The van der Waals surface area contributed by atoms with Gasteiger partial charge in [-0.2, -0.15) is 0 Å². The molecule has 0 unspecified atom stereocenters. The minimum Gasteiger partial charge on any atom is -0.481 e. The Morgan fingerprint density at radius 1 is 1.38 bits per heavy atom. The first-order chi connectivity index (χ1) is 7.75. The summed E-state index contributed by atoms with van der Waals surface area (Å²) >= 11 is 2.77. The van der Waals surface area contributed by atoms with E-state index in [9.17, 15) is 4.79 Å². The summed E-state index contributed by atoms with van der Waals surface area (Å²) < 4.78 is 0.793. The van der Waals surface area contributed by atoms with Gasteiger partial charge in [0.2, 0.25) is 0 Å². The molecule has 0 saturated heterocycles. The lowest BCUT2D eigenvalue weighted by Gasteiger charge is -1.93. The molecule has 1 aromatic carbocycles. The van der Waals surface area contributed by atoms with Crippen LogP contribution in [0, 0.1) is 0 Å². The van der Waals surface area contributed by atoms with Gasteiger partial charge in [-0.25, -0.2) is 4.98 Å². The van der Waals surface area contributed by atoms with Gasteiger partial charge in [-0.15, -0.1) is 11.3 Å². The van der Waals surface area contributed by atoms with E-state index in [1.807, 2.05) is 30.3 Å². The molecule has 0 fully saturated rings. The third kappa shape index (κ3) is 2.84. The van der Waals surface area contributed by atoms with Crippen LogP contribution in [0.5, 0.6) is 0 Å². The van der Waals surface area contributed by atoms with Crippen molar-refractivity contribution in [3.05, 3.63) is 36.5 Å². The molecular weight excluding hydrogens is 242 g/mol. The van der Waals surface area contributed by atoms with Gasteiger partial charge < -0.3 is 5.11 Å². The number of carboxylic acid groups (broad SMARTS) is 1. The molecule has 1 aromatic heterocycles. The Bertz CT molecular complexity index is 482. The number of hydrogen-bond acceptors (Lipinski definition) is 4. The molecule has 5 heteroatoms. The molecule has 0 radical (unpaired) electrons. The highest BCUT2D eigenvalue weighted by molar-refractivity contribution is 8.01. The highest BCUT2D eigenvalue weighted by atomic mass is 32.2. The van der Waals surface area contributed by atoms with E-state index < -0.39 is 5.97 Å². The van der Waals surface area contributed by atoms with Crippen LogP contribution in [0.25, 0.3) is 10.4 Å². The zero-order valence-corrected chi connectivity index (χ0v) is 9.92. The quantitative estimate of drug-likeness (QED) is 0.849. The summed E-state index contributed by atoms with van der Waals surface area (Å²) in [6.45, 7) is 0. The van der Waals surface area contributed by atoms with Crippen molar-refractivity contribution >= 4 is 29.1 Å². The molecular formula is C11H9NO2S2. The first kappa shape index (κ1) is 11.2. The fourth-order valence-electron chi connectivity index (χ4n) is 1.18. The van der Waals surface area contributed by atoms with Crippen molar-refractivity contribution in [2.75, 3.05) is 5.75 Å². The van der Waals surface area contributed by atoms with Crippen molar-refractivity contribution in [3.8, 4) is 10.4 Å². The van der Waals surface area contributed by atoms with Gasteiger partial charge in [0.25, 0.3) is 0 Å². The summed E-state index contributed by atoms with van der Waals surface area (Å²) in [6.07, 6.45) is 1.78. The lowest BCUT2D eigenvalue weighted by atomic mass is 10.2. The molecule has 1 heterocycles. The molecule has 0 saturated carbocycles. The van der Waals surface area contributed by atoms with Crippen LogP contribution in [0.3, 0.4) is 0 Å². The second-order valence-corrected chi connectivity index (χ2v) is 5.29. The molecule has 1 N–H and O–H groups in total. The summed E-state index contributed by atoms with van der Waals surface area (Å²) in [7, 11) is 0. The maximum atomic E-state index is 10.4. The van der Waals surface area contributed by atoms with Gasteiger partial charge >= 0.3 is 5.97 Å². The van der Waals surface area contributed by atoms with Crippen LogP contribution in [-0.2, 0) is 4.79 Å². The van der Waals surface area contributed by atoms with Gasteiger partial charge in [-0.3, -0.25) is 4.79 Å². The predicted octanol–water partition coefficient (Wildman–Crippen LogP) is 2.99. The summed E-state index contributed by atoms with van der Waals surface area (Å²) in [5, 5.41) is 8.55. The zero-order valence-electron chi connectivity index (χ0n) is 8.29. The minimum absolute atomic E-state index is 0.0573. The molecule has 2 aromatic rings. The van der Waals surface area contributed by atoms with E-state index >= 15 is 0 Å².